The summed E-state index contributed by atoms with van der Waals surface area (Å²) in [5.74, 6) is 2.19. The molecule has 0 nitrogen and oxygen atoms in total. The molecule has 0 amide bonds. The third kappa shape index (κ3) is 1.27. The number of rotatable bonds is 0. The fourth-order valence-electron chi connectivity index (χ4n) is 1.39. The van der Waals surface area contributed by atoms with E-state index in [2.05, 4.69) is 5.92 Å². The Morgan fingerprint density at radius 3 is 2.69 bits per heavy atom. The predicted octanol–water partition coefficient (Wildman–Crippen LogP) is 2.96. The largest absolute Gasteiger partial charge is 0.207 e. The van der Waals surface area contributed by atoms with Gasteiger partial charge in [-0.1, -0.05) is 30.2 Å². The van der Waals surface area contributed by atoms with Gasteiger partial charge in [-0.15, -0.1) is 6.42 Å². The molecule has 0 saturated heterocycles. The molecule has 0 atom stereocenters. The van der Waals surface area contributed by atoms with Gasteiger partial charge in [0.05, 0.1) is 0 Å². The van der Waals surface area contributed by atoms with Crippen LogP contribution in [0.5, 0.6) is 0 Å². The second-order valence-corrected chi connectivity index (χ2v) is 2.82. The van der Waals surface area contributed by atoms with Gasteiger partial charge in [-0.3, -0.25) is 0 Å². The van der Waals surface area contributed by atoms with Crippen LogP contribution >= 0.6 is 0 Å². The van der Waals surface area contributed by atoms with Gasteiger partial charge in [0.1, 0.15) is 5.82 Å². The van der Waals surface area contributed by atoms with E-state index in [4.69, 9.17) is 6.42 Å². The van der Waals surface area contributed by atoms with Crippen LogP contribution in [0, 0.1) is 18.2 Å². The van der Waals surface area contributed by atoms with Crippen molar-refractivity contribution in [2.75, 3.05) is 0 Å². The van der Waals surface area contributed by atoms with Crippen molar-refractivity contribution in [1.82, 2.24) is 0 Å². The quantitative estimate of drug-likeness (QED) is 0.533. The molecule has 0 aliphatic carbocycles. The minimum absolute atomic E-state index is 0.286. The number of hydrogen-bond acceptors (Lipinski definition) is 0. The molecule has 0 spiro atoms. The van der Waals surface area contributed by atoms with Crippen molar-refractivity contribution in [3.63, 3.8) is 0 Å². The van der Waals surface area contributed by atoms with Crippen LogP contribution in [0.2, 0.25) is 0 Å². The molecule has 0 aliphatic rings. The van der Waals surface area contributed by atoms with Gasteiger partial charge < -0.3 is 0 Å². The van der Waals surface area contributed by atoms with Crippen LogP contribution in [0.15, 0.2) is 36.4 Å². The molecule has 0 saturated carbocycles. The van der Waals surface area contributed by atoms with E-state index in [-0.39, 0.29) is 5.82 Å². The van der Waals surface area contributed by atoms with Gasteiger partial charge in [0.2, 0.25) is 0 Å². The number of benzene rings is 2. The topological polar surface area (TPSA) is 0 Å². The van der Waals surface area contributed by atoms with Crippen molar-refractivity contribution in [2.24, 2.45) is 0 Å². The minimum atomic E-state index is -0.286. The standard InChI is InChI=1S/C12H7F/c1-2-9-7-11(13)8-10-5-3-4-6-12(9)10/h1,3-8H. The van der Waals surface area contributed by atoms with E-state index in [1.54, 1.807) is 0 Å². The third-order valence-corrected chi connectivity index (χ3v) is 1.98. The van der Waals surface area contributed by atoms with E-state index in [9.17, 15) is 4.39 Å². The predicted molar refractivity (Wildman–Crippen MR) is 51.8 cm³/mol. The first-order valence-corrected chi connectivity index (χ1v) is 3.96. The molecule has 0 fully saturated rings. The second kappa shape index (κ2) is 2.91. The van der Waals surface area contributed by atoms with E-state index in [0.29, 0.717) is 5.56 Å². The normalized spacial score (nSPS) is 9.85. The van der Waals surface area contributed by atoms with Gasteiger partial charge in [-0.25, -0.2) is 4.39 Å². The van der Waals surface area contributed by atoms with Crippen LogP contribution in [-0.4, -0.2) is 0 Å². The molecular formula is C12H7F. The minimum Gasteiger partial charge on any atom is -0.207 e. The molecule has 1 heteroatoms. The molecule has 2 aromatic carbocycles. The van der Waals surface area contributed by atoms with Gasteiger partial charge in [-0.2, -0.15) is 0 Å². The zero-order valence-corrected chi connectivity index (χ0v) is 6.92. The molecule has 0 aromatic heterocycles. The molecule has 0 heterocycles. The monoisotopic (exact) mass is 170 g/mol. The van der Waals surface area contributed by atoms with Crippen molar-refractivity contribution >= 4 is 10.8 Å². The van der Waals surface area contributed by atoms with Crippen LogP contribution in [0.4, 0.5) is 4.39 Å². The maximum Gasteiger partial charge on any atom is 0.125 e. The van der Waals surface area contributed by atoms with Crippen LogP contribution < -0.4 is 0 Å². The van der Waals surface area contributed by atoms with Crippen molar-refractivity contribution in [2.45, 2.75) is 0 Å². The van der Waals surface area contributed by atoms with Crippen LogP contribution in [0.25, 0.3) is 10.8 Å². The zero-order chi connectivity index (χ0) is 9.26. The second-order valence-electron chi connectivity index (χ2n) is 2.82. The molecular weight excluding hydrogens is 163 g/mol. The fraction of sp³-hybridized carbons (Fsp3) is 0. The number of halogens is 1. The lowest BCUT2D eigenvalue weighted by Crippen LogP contribution is -1.82. The van der Waals surface area contributed by atoms with E-state index >= 15 is 0 Å². The van der Waals surface area contributed by atoms with E-state index in [1.165, 1.54) is 12.1 Å². The number of hydrogen-bond donors (Lipinski definition) is 0. The first-order valence-electron chi connectivity index (χ1n) is 3.96. The summed E-state index contributed by atoms with van der Waals surface area (Å²) in [6.45, 7) is 0. The van der Waals surface area contributed by atoms with Crippen molar-refractivity contribution in [3.8, 4) is 12.3 Å². The highest BCUT2D eigenvalue weighted by Crippen LogP contribution is 2.19. The summed E-state index contributed by atoms with van der Waals surface area (Å²) in [5.41, 5.74) is 0.607. The first kappa shape index (κ1) is 7.82. The molecule has 13 heavy (non-hydrogen) atoms. The van der Waals surface area contributed by atoms with Crippen LogP contribution in [0.3, 0.4) is 0 Å². The summed E-state index contributed by atoms with van der Waals surface area (Å²) in [5, 5.41) is 1.77. The fourth-order valence-corrected chi connectivity index (χ4v) is 1.39. The average molecular weight is 170 g/mol. The third-order valence-electron chi connectivity index (χ3n) is 1.98. The summed E-state index contributed by atoms with van der Waals surface area (Å²) in [6, 6.07) is 10.4. The lowest BCUT2D eigenvalue weighted by Gasteiger charge is -2.00. The zero-order valence-electron chi connectivity index (χ0n) is 6.92. The Labute approximate surface area is 76.0 Å². The maximum atomic E-state index is 13.0. The SMILES string of the molecule is C#Cc1cc(F)cc2ccccc12. The van der Waals surface area contributed by atoms with Crippen molar-refractivity contribution in [3.05, 3.63) is 47.8 Å². The smallest absolute Gasteiger partial charge is 0.125 e. The Bertz CT molecular complexity index is 492. The maximum absolute atomic E-state index is 13.0. The Hall–Kier alpha value is -1.81. The van der Waals surface area contributed by atoms with Gasteiger partial charge in [0.15, 0.2) is 0 Å². The van der Waals surface area contributed by atoms with E-state index < -0.39 is 0 Å². The molecule has 0 unspecified atom stereocenters. The Balaban J connectivity index is 2.91. The summed E-state index contributed by atoms with van der Waals surface area (Å²) >= 11 is 0. The van der Waals surface area contributed by atoms with Crippen molar-refractivity contribution in [1.29, 1.82) is 0 Å². The lowest BCUT2D eigenvalue weighted by atomic mass is 10.1. The van der Waals surface area contributed by atoms with Gasteiger partial charge in [-0.05, 0) is 22.9 Å². The van der Waals surface area contributed by atoms with E-state index in [1.807, 2.05) is 24.3 Å². The molecule has 2 rings (SSSR count). The first-order chi connectivity index (χ1) is 6.31. The highest BCUT2D eigenvalue weighted by Gasteiger charge is 2.00. The molecule has 0 bridgehead atoms. The van der Waals surface area contributed by atoms with Crippen molar-refractivity contribution < 1.29 is 4.39 Å². The molecule has 0 N–H and O–H groups in total. The van der Waals surface area contributed by atoms with Gasteiger partial charge in [0.25, 0.3) is 0 Å². The molecule has 2 aromatic rings. The Morgan fingerprint density at radius 2 is 1.92 bits per heavy atom. The Kier molecular flexibility index (Phi) is 1.75. The van der Waals surface area contributed by atoms with Gasteiger partial charge >= 0.3 is 0 Å². The summed E-state index contributed by atoms with van der Waals surface area (Å²) < 4.78 is 13.0. The molecule has 62 valence electrons. The van der Waals surface area contributed by atoms with Crippen LogP contribution in [0.1, 0.15) is 5.56 Å². The lowest BCUT2D eigenvalue weighted by molar-refractivity contribution is 0.629. The summed E-state index contributed by atoms with van der Waals surface area (Å²) in [4.78, 5) is 0. The molecule has 0 aliphatic heterocycles. The van der Waals surface area contributed by atoms with E-state index in [0.717, 1.165) is 10.8 Å². The Morgan fingerprint density at radius 1 is 1.15 bits per heavy atom. The highest BCUT2D eigenvalue weighted by molar-refractivity contribution is 5.88. The van der Waals surface area contributed by atoms with Gasteiger partial charge in [0, 0.05) is 5.56 Å². The summed E-state index contributed by atoms with van der Waals surface area (Å²) in [6.07, 6.45) is 5.27. The van der Waals surface area contributed by atoms with Crippen LogP contribution in [-0.2, 0) is 0 Å². The molecule has 0 radical (unpaired) electrons. The number of terminal acetylenes is 1. The number of fused-ring (bicyclic) bond motifs is 1. The summed E-state index contributed by atoms with van der Waals surface area (Å²) in [7, 11) is 0. The average Bonchev–Trinajstić information content (AvgIpc) is 2.16. The highest BCUT2D eigenvalue weighted by atomic mass is 19.1.